The first-order valence-electron chi connectivity index (χ1n) is 7.75. The zero-order chi connectivity index (χ0) is 18.9. The predicted octanol–water partition coefficient (Wildman–Crippen LogP) is 2.18. The number of carbonyl (C=O) groups is 2. The molecule has 1 amide bonds. The number of carbonyl (C=O) groups excluding carboxylic acids is 2. The molecule has 26 heavy (non-hydrogen) atoms. The van der Waals surface area contributed by atoms with Gasteiger partial charge in [-0.2, -0.15) is 0 Å². The van der Waals surface area contributed by atoms with Crippen LogP contribution in [0.5, 0.6) is 5.75 Å². The molecule has 0 saturated carbocycles. The van der Waals surface area contributed by atoms with Crippen molar-refractivity contribution < 1.29 is 24.0 Å². The van der Waals surface area contributed by atoms with E-state index in [4.69, 9.17) is 4.74 Å². The van der Waals surface area contributed by atoms with Crippen LogP contribution in [-0.4, -0.2) is 42.0 Å². The number of nitrogens with zero attached hydrogens (tertiary/aromatic N) is 2. The predicted molar refractivity (Wildman–Crippen MR) is 92.5 cm³/mol. The number of hydrogen-bond donors (Lipinski definition) is 0. The van der Waals surface area contributed by atoms with Gasteiger partial charge in [-0.05, 0) is 11.6 Å². The minimum atomic E-state index is -0.551. The number of methoxy groups -OCH3 is 1. The second-order valence-electron chi connectivity index (χ2n) is 5.35. The standard InChI is InChI=1S/C18H18N2O6/c1-25-18(22)12-19(11-14-6-3-2-4-7-14)17(21)13-26-16-9-5-8-15(10-16)20(23)24/h2-10H,11-13H2,1H3. The van der Waals surface area contributed by atoms with Gasteiger partial charge in [-0.25, -0.2) is 0 Å². The third-order valence-corrected chi connectivity index (χ3v) is 3.51. The van der Waals surface area contributed by atoms with Crippen molar-refractivity contribution in [2.45, 2.75) is 6.54 Å². The Bertz CT molecular complexity index is 778. The molecule has 0 bridgehead atoms. The average molecular weight is 358 g/mol. The first kappa shape index (κ1) is 18.9. The lowest BCUT2D eigenvalue weighted by molar-refractivity contribution is -0.384. The monoisotopic (exact) mass is 358 g/mol. The molecule has 0 aromatic heterocycles. The molecule has 0 atom stereocenters. The van der Waals surface area contributed by atoms with Crippen LogP contribution in [0.15, 0.2) is 54.6 Å². The van der Waals surface area contributed by atoms with Crippen LogP contribution in [0, 0.1) is 10.1 Å². The summed E-state index contributed by atoms with van der Waals surface area (Å²) in [7, 11) is 1.24. The smallest absolute Gasteiger partial charge is 0.325 e. The highest BCUT2D eigenvalue weighted by molar-refractivity contribution is 5.83. The second-order valence-corrected chi connectivity index (χ2v) is 5.35. The fourth-order valence-corrected chi connectivity index (χ4v) is 2.18. The molecule has 0 fully saturated rings. The summed E-state index contributed by atoms with van der Waals surface area (Å²) < 4.78 is 9.97. The molecule has 2 aromatic carbocycles. The molecule has 0 aliphatic rings. The number of non-ortho nitro benzene ring substituents is 1. The number of hydrogen-bond acceptors (Lipinski definition) is 6. The summed E-state index contributed by atoms with van der Waals surface area (Å²) in [5.41, 5.74) is 0.714. The van der Waals surface area contributed by atoms with Crippen molar-refractivity contribution in [2.24, 2.45) is 0 Å². The Labute approximate surface area is 150 Å². The first-order chi connectivity index (χ1) is 12.5. The Morgan fingerprint density at radius 2 is 1.85 bits per heavy atom. The van der Waals surface area contributed by atoms with Gasteiger partial charge < -0.3 is 14.4 Å². The molecule has 0 N–H and O–H groups in total. The molecular formula is C18H18N2O6. The normalized spacial score (nSPS) is 10.0. The topological polar surface area (TPSA) is 99.0 Å². The maximum Gasteiger partial charge on any atom is 0.325 e. The number of nitro groups is 1. The van der Waals surface area contributed by atoms with Crippen molar-refractivity contribution >= 4 is 17.6 Å². The molecule has 0 aliphatic heterocycles. The summed E-state index contributed by atoms with van der Waals surface area (Å²) >= 11 is 0. The highest BCUT2D eigenvalue weighted by Crippen LogP contribution is 2.19. The number of amides is 1. The molecule has 0 unspecified atom stereocenters. The van der Waals surface area contributed by atoms with Crippen molar-refractivity contribution in [3.05, 3.63) is 70.3 Å². The van der Waals surface area contributed by atoms with E-state index in [1.54, 1.807) is 0 Å². The van der Waals surface area contributed by atoms with Gasteiger partial charge in [-0.1, -0.05) is 36.4 Å². The number of ether oxygens (including phenoxy) is 2. The summed E-state index contributed by atoms with van der Waals surface area (Å²) in [6, 6.07) is 14.7. The minimum absolute atomic E-state index is 0.134. The minimum Gasteiger partial charge on any atom is -0.484 e. The van der Waals surface area contributed by atoms with E-state index in [-0.39, 0.29) is 31.1 Å². The lowest BCUT2D eigenvalue weighted by Gasteiger charge is -2.21. The van der Waals surface area contributed by atoms with Gasteiger partial charge in [0.25, 0.3) is 11.6 Å². The van der Waals surface area contributed by atoms with Crippen LogP contribution < -0.4 is 4.74 Å². The van der Waals surface area contributed by atoms with Crippen LogP contribution >= 0.6 is 0 Å². The lowest BCUT2D eigenvalue weighted by Crippen LogP contribution is -2.38. The van der Waals surface area contributed by atoms with E-state index in [1.807, 2.05) is 30.3 Å². The Morgan fingerprint density at radius 3 is 2.50 bits per heavy atom. The number of nitro benzene ring substituents is 1. The van der Waals surface area contributed by atoms with Gasteiger partial charge >= 0.3 is 5.97 Å². The summed E-state index contributed by atoms with van der Waals surface area (Å²) in [6.45, 7) is -0.361. The highest BCUT2D eigenvalue weighted by atomic mass is 16.6. The van der Waals surface area contributed by atoms with Crippen molar-refractivity contribution in [3.8, 4) is 5.75 Å². The second kappa shape index (κ2) is 9.16. The number of rotatable bonds is 8. The third kappa shape index (κ3) is 5.59. The Hall–Kier alpha value is -3.42. The Morgan fingerprint density at radius 1 is 1.12 bits per heavy atom. The molecule has 0 aliphatic carbocycles. The van der Waals surface area contributed by atoms with Gasteiger partial charge in [-0.15, -0.1) is 0 Å². The molecule has 8 nitrogen and oxygen atoms in total. The van der Waals surface area contributed by atoms with Crippen LogP contribution in [0.1, 0.15) is 5.56 Å². The van der Waals surface area contributed by atoms with E-state index in [9.17, 15) is 19.7 Å². The zero-order valence-electron chi connectivity index (χ0n) is 14.2. The Kier molecular flexibility index (Phi) is 6.67. The molecule has 2 aromatic rings. The largest absolute Gasteiger partial charge is 0.484 e. The Balaban J connectivity index is 2.04. The van der Waals surface area contributed by atoms with E-state index in [0.29, 0.717) is 0 Å². The van der Waals surface area contributed by atoms with E-state index in [0.717, 1.165) is 5.56 Å². The SMILES string of the molecule is COC(=O)CN(Cc1ccccc1)C(=O)COc1cccc([N+](=O)[O-])c1. The molecule has 0 radical (unpaired) electrons. The third-order valence-electron chi connectivity index (χ3n) is 3.51. The van der Waals surface area contributed by atoms with Crippen LogP contribution in [0.2, 0.25) is 0 Å². The van der Waals surface area contributed by atoms with E-state index in [2.05, 4.69) is 4.74 Å². The van der Waals surface area contributed by atoms with Gasteiger partial charge in [-0.3, -0.25) is 19.7 Å². The van der Waals surface area contributed by atoms with Crippen molar-refractivity contribution in [1.82, 2.24) is 4.90 Å². The molecular weight excluding hydrogens is 340 g/mol. The van der Waals surface area contributed by atoms with Crippen molar-refractivity contribution in [2.75, 3.05) is 20.3 Å². The molecule has 0 heterocycles. The quantitative estimate of drug-likeness (QED) is 0.407. The fraction of sp³-hybridized carbons (Fsp3) is 0.222. The van der Waals surface area contributed by atoms with E-state index < -0.39 is 16.8 Å². The average Bonchev–Trinajstić information content (AvgIpc) is 2.66. The maximum absolute atomic E-state index is 12.5. The molecule has 136 valence electrons. The molecule has 8 heteroatoms. The molecule has 0 saturated heterocycles. The van der Waals surface area contributed by atoms with E-state index in [1.165, 1.54) is 36.3 Å². The summed E-state index contributed by atoms with van der Waals surface area (Å²) in [6.07, 6.45) is 0. The zero-order valence-corrected chi connectivity index (χ0v) is 14.2. The first-order valence-corrected chi connectivity index (χ1v) is 7.75. The fourth-order valence-electron chi connectivity index (χ4n) is 2.18. The number of benzene rings is 2. The van der Waals surface area contributed by atoms with Crippen molar-refractivity contribution in [1.29, 1.82) is 0 Å². The van der Waals surface area contributed by atoms with Gasteiger partial charge in [0.05, 0.1) is 18.1 Å². The summed E-state index contributed by atoms with van der Waals surface area (Å²) in [4.78, 5) is 35.6. The van der Waals surface area contributed by atoms with Gasteiger partial charge in [0.1, 0.15) is 12.3 Å². The van der Waals surface area contributed by atoms with Gasteiger partial charge in [0.15, 0.2) is 6.61 Å². The van der Waals surface area contributed by atoms with Crippen LogP contribution in [0.25, 0.3) is 0 Å². The van der Waals surface area contributed by atoms with Crippen LogP contribution in [-0.2, 0) is 20.9 Å². The molecule has 2 rings (SSSR count). The summed E-state index contributed by atoms with van der Waals surface area (Å²) in [5.74, 6) is -0.791. The van der Waals surface area contributed by atoms with Gasteiger partial charge in [0, 0.05) is 12.6 Å². The van der Waals surface area contributed by atoms with E-state index >= 15 is 0 Å². The van der Waals surface area contributed by atoms with Crippen LogP contribution in [0.4, 0.5) is 5.69 Å². The summed E-state index contributed by atoms with van der Waals surface area (Å²) in [5, 5.41) is 10.8. The van der Waals surface area contributed by atoms with Crippen LogP contribution in [0.3, 0.4) is 0 Å². The lowest BCUT2D eigenvalue weighted by atomic mass is 10.2. The molecule has 0 spiro atoms. The van der Waals surface area contributed by atoms with Crippen molar-refractivity contribution in [3.63, 3.8) is 0 Å². The van der Waals surface area contributed by atoms with Gasteiger partial charge in [0.2, 0.25) is 0 Å². The highest BCUT2D eigenvalue weighted by Gasteiger charge is 2.19. The number of esters is 1. The maximum atomic E-state index is 12.5.